The summed E-state index contributed by atoms with van der Waals surface area (Å²) >= 11 is 0. The Bertz CT molecular complexity index is 972. The van der Waals surface area contributed by atoms with Gasteiger partial charge in [0.2, 0.25) is 0 Å². The number of ether oxygens (including phenoxy) is 1. The Kier molecular flexibility index (Phi) is 5.56. The molecule has 0 unspecified atom stereocenters. The van der Waals surface area contributed by atoms with E-state index in [2.05, 4.69) is 25.1 Å². The van der Waals surface area contributed by atoms with Crippen LogP contribution in [0.1, 0.15) is 10.4 Å². The molecular weight excluding hydrogens is 366 g/mol. The van der Waals surface area contributed by atoms with Crippen LogP contribution in [0.4, 0.5) is 17.3 Å². The minimum Gasteiger partial charge on any atom is -0.495 e. The largest absolute Gasteiger partial charge is 0.495 e. The number of methoxy groups -OCH3 is 1. The molecule has 1 fully saturated rings. The fourth-order valence-corrected chi connectivity index (χ4v) is 3.38. The van der Waals surface area contributed by atoms with Gasteiger partial charge in [-0.25, -0.2) is 9.97 Å². The van der Waals surface area contributed by atoms with Gasteiger partial charge in [0.15, 0.2) is 0 Å². The second-order valence-corrected chi connectivity index (χ2v) is 6.72. The van der Waals surface area contributed by atoms with Crippen LogP contribution in [0.5, 0.6) is 5.75 Å². The van der Waals surface area contributed by atoms with Crippen LogP contribution in [0.2, 0.25) is 0 Å². The highest BCUT2D eigenvalue weighted by atomic mass is 16.5. The summed E-state index contributed by atoms with van der Waals surface area (Å²) in [5, 5.41) is 2.91. The summed E-state index contributed by atoms with van der Waals surface area (Å²) in [6.07, 6.45) is 3.49. The van der Waals surface area contributed by atoms with Crippen molar-refractivity contribution in [2.75, 3.05) is 48.4 Å². The van der Waals surface area contributed by atoms with Crippen molar-refractivity contribution < 1.29 is 9.53 Å². The maximum atomic E-state index is 12.7. The zero-order chi connectivity index (χ0) is 20.1. The van der Waals surface area contributed by atoms with Gasteiger partial charge < -0.3 is 19.9 Å². The van der Waals surface area contributed by atoms with Gasteiger partial charge in [0, 0.05) is 44.1 Å². The first-order valence-electron chi connectivity index (χ1n) is 9.56. The van der Waals surface area contributed by atoms with Crippen molar-refractivity contribution in [2.45, 2.75) is 0 Å². The van der Waals surface area contributed by atoms with E-state index in [0.717, 1.165) is 37.8 Å². The summed E-state index contributed by atoms with van der Waals surface area (Å²) in [5.41, 5.74) is 1.20. The molecule has 148 valence electrons. The summed E-state index contributed by atoms with van der Waals surface area (Å²) < 4.78 is 5.30. The van der Waals surface area contributed by atoms with Gasteiger partial charge in [0.25, 0.3) is 5.91 Å². The van der Waals surface area contributed by atoms with Gasteiger partial charge in [-0.05, 0) is 36.4 Å². The molecule has 1 saturated heterocycles. The van der Waals surface area contributed by atoms with Crippen molar-refractivity contribution in [1.82, 2.24) is 9.97 Å². The van der Waals surface area contributed by atoms with Crippen LogP contribution in [0.15, 0.2) is 67.0 Å². The van der Waals surface area contributed by atoms with Gasteiger partial charge in [-0.3, -0.25) is 4.79 Å². The minimum atomic E-state index is -0.190. The van der Waals surface area contributed by atoms with Gasteiger partial charge in [0.05, 0.1) is 12.8 Å². The molecule has 1 aromatic carbocycles. The first-order chi connectivity index (χ1) is 14.2. The van der Waals surface area contributed by atoms with E-state index in [1.165, 1.54) is 0 Å². The van der Waals surface area contributed by atoms with Crippen LogP contribution in [-0.4, -0.2) is 49.2 Å². The van der Waals surface area contributed by atoms with E-state index in [0.29, 0.717) is 17.0 Å². The monoisotopic (exact) mass is 389 g/mol. The number of benzene rings is 1. The Balaban J connectivity index is 1.43. The van der Waals surface area contributed by atoms with Crippen molar-refractivity contribution >= 4 is 23.2 Å². The lowest BCUT2D eigenvalue weighted by molar-refractivity contribution is 0.102. The summed E-state index contributed by atoms with van der Waals surface area (Å²) in [6, 6.07) is 16.9. The predicted molar refractivity (Wildman–Crippen MR) is 114 cm³/mol. The standard InChI is InChI=1S/C22H23N5O2/c1-29-19-7-3-2-6-18(19)25-22(28)17-9-11-24-21(16-17)27-14-12-26(13-15-27)20-8-4-5-10-23-20/h2-11,16H,12-15H2,1H3,(H,25,28). The SMILES string of the molecule is COc1ccccc1NC(=O)c1ccnc(N2CCN(c3ccccn3)CC2)c1. The molecule has 0 aliphatic carbocycles. The van der Waals surface area contributed by atoms with E-state index in [4.69, 9.17) is 4.74 Å². The Morgan fingerprint density at radius 3 is 2.31 bits per heavy atom. The maximum absolute atomic E-state index is 12.7. The Hall–Kier alpha value is -3.61. The number of carbonyl (C=O) groups excluding carboxylic acids is 1. The Morgan fingerprint density at radius 1 is 0.897 bits per heavy atom. The zero-order valence-electron chi connectivity index (χ0n) is 16.3. The number of nitrogens with one attached hydrogen (secondary N) is 1. The lowest BCUT2D eigenvalue weighted by Crippen LogP contribution is -2.47. The molecule has 1 aliphatic heterocycles. The van der Waals surface area contributed by atoms with Gasteiger partial charge in [-0.1, -0.05) is 18.2 Å². The van der Waals surface area contributed by atoms with Crippen LogP contribution < -0.4 is 19.9 Å². The Morgan fingerprint density at radius 2 is 1.59 bits per heavy atom. The molecule has 0 bridgehead atoms. The van der Waals surface area contributed by atoms with Crippen LogP contribution in [0.3, 0.4) is 0 Å². The van der Waals surface area contributed by atoms with E-state index in [9.17, 15) is 4.79 Å². The summed E-state index contributed by atoms with van der Waals surface area (Å²) in [6.45, 7) is 3.36. The lowest BCUT2D eigenvalue weighted by atomic mass is 10.2. The van der Waals surface area contributed by atoms with E-state index in [-0.39, 0.29) is 5.91 Å². The van der Waals surface area contributed by atoms with Gasteiger partial charge >= 0.3 is 0 Å². The van der Waals surface area contributed by atoms with Crippen molar-refractivity contribution in [3.63, 3.8) is 0 Å². The molecule has 7 heteroatoms. The molecule has 3 aromatic rings. The lowest BCUT2D eigenvalue weighted by Gasteiger charge is -2.36. The number of para-hydroxylation sites is 2. The minimum absolute atomic E-state index is 0.190. The molecule has 29 heavy (non-hydrogen) atoms. The summed E-state index contributed by atoms with van der Waals surface area (Å²) in [5.74, 6) is 2.23. The molecule has 1 N–H and O–H groups in total. The third kappa shape index (κ3) is 4.29. The average molecular weight is 389 g/mol. The predicted octanol–water partition coefficient (Wildman–Crippen LogP) is 3.06. The van der Waals surface area contributed by atoms with Crippen molar-refractivity contribution in [1.29, 1.82) is 0 Å². The summed E-state index contributed by atoms with van der Waals surface area (Å²) in [4.78, 5) is 26.1. The maximum Gasteiger partial charge on any atom is 0.255 e. The molecule has 1 amide bonds. The number of aromatic nitrogens is 2. The quantitative estimate of drug-likeness (QED) is 0.723. The number of anilines is 3. The number of hydrogen-bond acceptors (Lipinski definition) is 6. The van der Waals surface area contributed by atoms with E-state index < -0.39 is 0 Å². The summed E-state index contributed by atoms with van der Waals surface area (Å²) in [7, 11) is 1.58. The molecule has 7 nitrogen and oxygen atoms in total. The molecule has 2 aromatic heterocycles. The number of amides is 1. The van der Waals surface area contributed by atoms with Gasteiger partial charge in [-0.2, -0.15) is 0 Å². The second kappa shape index (κ2) is 8.60. The highest BCUT2D eigenvalue weighted by molar-refractivity contribution is 6.05. The third-order valence-electron chi connectivity index (χ3n) is 4.94. The van der Waals surface area contributed by atoms with Crippen molar-refractivity contribution in [3.8, 4) is 5.75 Å². The fraction of sp³-hybridized carbons (Fsp3) is 0.227. The normalized spacial score (nSPS) is 13.8. The molecular formula is C22H23N5O2. The van der Waals surface area contributed by atoms with E-state index in [1.54, 1.807) is 19.4 Å². The first-order valence-corrected chi connectivity index (χ1v) is 9.56. The highest BCUT2D eigenvalue weighted by Gasteiger charge is 2.20. The fourth-order valence-electron chi connectivity index (χ4n) is 3.38. The smallest absolute Gasteiger partial charge is 0.255 e. The molecule has 0 saturated carbocycles. The molecule has 1 aliphatic rings. The molecule has 0 spiro atoms. The second-order valence-electron chi connectivity index (χ2n) is 6.72. The Labute approximate surface area is 170 Å². The van der Waals surface area contributed by atoms with Crippen LogP contribution >= 0.6 is 0 Å². The topological polar surface area (TPSA) is 70.6 Å². The number of rotatable bonds is 5. The molecule has 0 atom stereocenters. The van der Waals surface area contributed by atoms with E-state index in [1.807, 2.05) is 54.7 Å². The number of piperazine rings is 1. The number of carbonyl (C=O) groups is 1. The van der Waals surface area contributed by atoms with E-state index >= 15 is 0 Å². The molecule has 4 rings (SSSR count). The van der Waals surface area contributed by atoms with Gasteiger partial charge in [0.1, 0.15) is 17.4 Å². The zero-order valence-corrected chi connectivity index (χ0v) is 16.3. The number of hydrogen-bond donors (Lipinski definition) is 1. The van der Waals surface area contributed by atoms with Crippen LogP contribution in [0, 0.1) is 0 Å². The highest BCUT2D eigenvalue weighted by Crippen LogP contribution is 2.24. The number of nitrogens with zero attached hydrogens (tertiary/aromatic N) is 4. The number of pyridine rings is 2. The first kappa shape index (κ1) is 18.7. The van der Waals surface area contributed by atoms with Crippen molar-refractivity contribution in [3.05, 3.63) is 72.6 Å². The van der Waals surface area contributed by atoms with Crippen LogP contribution in [0.25, 0.3) is 0 Å². The molecule has 0 radical (unpaired) electrons. The van der Waals surface area contributed by atoms with Crippen molar-refractivity contribution in [2.24, 2.45) is 0 Å². The average Bonchev–Trinajstić information content (AvgIpc) is 2.80. The third-order valence-corrected chi connectivity index (χ3v) is 4.94. The van der Waals surface area contributed by atoms with Crippen LogP contribution in [-0.2, 0) is 0 Å². The van der Waals surface area contributed by atoms with Gasteiger partial charge in [-0.15, -0.1) is 0 Å². The molecule has 3 heterocycles.